The van der Waals surface area contributed by atoms with Gasteiger partial charge in [0.15, 0.2) is 5.82 Å². The van der Waals surface area contributed by atoms with Gasteiger partial charge in [0.25, 0.3) is 5.56 Å². The molecule has 2 heterocycles. The highest BCUT2D eigenvalue weighted by Gasteiger charge is 2.06. The number of nitrogens with one attached hydrogen (secondary N) is 1. The van der Waals surface area contributed by atoms with Crippen LogP contribution in [-0.2, 0) is 6.54 Å². The average molecular weight is 289 g/mol. The lowest BCUT2D eigenvalue weighted by atomic mass is 10.3. The van der Waals surface area contributed by atoms with Crippen molar-refractivity contribution in [2.45, 2.75) is 46.7 Å². The lowest BCUT2D eigenvalue weighted by Crippen LogP contribution is -2.26. The fourth-order valence-electron chi connectivity index (χ4n) is 2.29. The van der Waals surface area contributed by atoms with E-state index in [9.17, 15) is 4.79 Å². The largest absolute Gasteiger partial charge is 0.365 e. The topological polar surface area (TPSA) is 64.7 Å². The molecule has 0 amide bonds. The molecule has 0 fully saturated rings. The van der Waals surface area contributed by atoms with Crippen molar-refractivity contribution in [3.05, 3.63) is 40.2 Å². The van der Waals surface area contributed by atoms with Crippen LogP contribution in [0.2, 0.25) is 0 Å². The van der Waals surface area contributed by atoms with Crippen LogP contribution in [0.15, 0.2) is 23.3 Å². The van der Waals surface area contributed by atoms with E-state index in [-0.39, 0.29) is 11.6 Å². The standard InChI is InChI=1S/C15H23N5O/c1-11(2)19-9-7-17-14(15(19)21)16-6-5-8-20-13(4)10-12(3)18-20/h7,9-11H,5-6,8H2,1-4H3,(H,16,17). The van der Waals surface area contributed by atoms with Gasteiger partial charge in [0.05, 0.1) is 5.69 Å². The van der Waals surface area contributed by atoms with Crippen LogP contribution in [0.1, 0.15) is 37.7 Å². The van der Waals surface area contributed by atoms with Gasteiger partial charge >= 0.3 is 0 Å². The molecule has 21 heavy (non-hydrogen) atoms. The predicted molar refractivity (Wildman–Crippen MR) is 83.7 cm³/mol. The van der Waals surface area contributed by atoms with Crippen LogP contribution in [0.5, 0.6) is 0 Å². The second-order valence-corrected chi connectivity index (χ2v) is 5.51. The molecule has 2 rings (SSSR count). The van der Waals surface area contributed by atoms with Crippen LogP contribution in [0.4, 0.5) is 5.82 Å². The molecule has 2 aromatic heterocycles. The zero-order valence-corrected chi connectivity index (χ0v) is 13.1. The van der Waals surface area contributed by atoms with Crippen LogP contribution in [0.3, 0.4) is 0 Å². The third kappa shape index (κ3) is 3.71. The van der Waals surface area contributed by atoms with Gasteiger partial charge in [-0.2, -0.15) is 5.10 Å². The lowest BCUT2D eigenvalue weighted by molar-refractivity contribution is 0.567. The molecule has 114 valence electrons. The molecule has 0 saturated carbocycles. The van der Waals surface area contributed by atoms with Crippen molar-refractivity contribution in [3.63, 3.8) is 0 Å². The monoisotopic (exact) mass is 289 g/mol. The lowest BCUT2D eigenvalue weighted by Gasteiger charge is -2.11. The first-order chi connectivity index (χ1) is 9.99. The van der Waals surface area contributed by atoms with Crippen LogP contribution in [0.25, 0.3) is 0 Å². The van der Waals surface area contributed by atoms with Crippen molar-refractivity contribution >= 4 is 5.82 Å². The Bertz CT molecular complexity index is 656. The van der Waals surface area contributed by atoms with Gasteiger partial charge in [0.1, 0.15) is 0 Å². The Kier molecular flexibility index (Phi) is 4.77. The molecular weight excluding hydrogens is 266 g/mol. The Morgan fingerprint density at radius 3 is 2.71 bits per heavy atom. The van der Waals surface area contributed by atoms with Crippen molar-refractivity contribution in [2.24, 2.45) is 0 Å². The fourth-order valence-corrected chi connectivity index (χ4v) is 2.29. The molecule has 0 spiro atoms. The van der Waals surface area contributed by atoms with E-state index >= 15 is 0 Å². The number of aromatic nitrogens is 4. The highest BCUT2D eigenvalue weighted by Crippen LogP contribution is 2.04. The second kappa shape index (κ2) is 6.56. The first kappa shape index (κ1) is 15.3. The van der Waals surface area contributed by atoms with Crippen molar-refractivity contribution in [1.82, 2.24) is 19.3 Å². The summed E-state index contributed by atoms with van der Waals surface area (Å²) >= 11 is 0. The molecule has 0 bridgehead atoms. The Labute approximate surface area is 124 Å². The minimum Gasteiger partial charge on any atom is -0.365 e. The van der Waals surface area contributed by atoms with Crippen LogP contribution < -0.4 is 10.9 Å². The van der Waals surface area contributed by atoms with Gasteiger partial charge in [-0.3, -0.25) is 9.48 Å². The van der Waals surface area contributed by atoms with E-state index < -0.39 is 0 Å². The number of hydrogen-bond donors (Lipinski definition) is 1. The van der Waals surface area contributed by atoms with E-state index in [2.05, 4.69) is 21.5 Å². The fraction of sp³-hybridized carbons (Fsp3) is 0.533. The number of anilines is 1. The molecule has 0 saturated heterocycles. The van der Waals surface area contributed by atoms with Crippen molar-refractivity contribution in [3.8, 4) is 0 Å². The van der Waals surface area contributed by atoms with E-state index in [1.807, 2.05) is 32.4 Å². The summed E-state index contributed by atoms with van der Waals surface area (Å²) in [6.45, 7) is 9.53. The van der Waals surface area contributed by atoms with Gasteiger partial charge < -0.3 is 9.88 Å². The maximum atomic E-state index is 12.2. The summed E-state index contributed by atoms with van der Waals surface area (Å²) in [5.74, 6) is 0.416. The molecule has 1 N–H and O–H groups in total. The van der Waals surface area contributed by atoms with E-state index in [1.165, 1.54) is 0 Å². The molecule has 0 aliphatic carbocycles. The molecule has 0 aromatic carbocycles. The van der Waals surface area contributed by atoms with Crippen molar-refractivity contribution in [2.75, 3.05) is 11.9 Å². The van der Waals surface area contributed by atoms with E-state index in [0.717, 1.165) is 24.4 Å². The zero-order chi connectivity index (χ0) is 15.4. The minimum atomic E-state index is -0.0707. The van der Waals surface area contributed by atoms with Crippen molar-refractivity contribution in [1.29, 1.82) is 0 Å². The Balaban J connectivity index is 1.91. The molecular formula is C15H23N5O. The second-order valence-electron chi connectivity index (χ2n) is 5.51. The molecule has 0 atom stereocenters. The van der Waals surface area contributed by atoms with Crippen LogP contribution >= 0.6 is 0 Å². The van der Waals surface area contributed by atoms with Crippen molar-refractivity contribution < 1.29 is 0 Å². The summed E-state index contributed by atoms with van der Waals surface area (Å²) in [6.07, 6.45) is 4.26. The quantitative estimate of drug-likeness (QED) is 0.827. The maximum absolute atomic E-state index is 12.2. The Hall–Kier alpha value is -2.11. The molecule has 6 nitrogen and oxygen atoms in total. The summed E-state index contributed by atoms with van der Waals surface area (Å²) in [7, 11) is 0. The summed E-state index contributed by atoms with van der Waals surface area (Å²) in [5.41, 5.74) is 2.12. The summed E-state index contributed by atoms with van der Waals surface area (Å²) in [6, 6.07) is 2.20. The summed E-state index contributed by atoms with van der Waals surface area (Å²) in [4.78, 5) is 16.3. The van der Waals surface area contributed by atoms with Gasteiger partial charge in [-0.1, -0.05) is 0 Å². The average Bonchev–Trinajstić information content (AvgIpc) is 2.74. The smallest absolute Gasteiger partial charge is 0.293 e. The maximum Gasteiger partial charge on any atom is 0.293 e. The SMILES string of the molecule is Cc1cc(C)n(CCCNc2nccn(C(C)C)c2=O)n1. The third-order valence-electron chi connectivity index (χ3n) is 3.37. The minimum absolute atomic E-state index is 0.0707. The molecule has 2 aromatic rings. The van der Waals surface area contributed by atoms with E-state index in [0.29, 0.717) is 12.4 Å². The zero-order valence-electron chi connectivity index (χ0n) is 13.1. The molecule has 0 unspecified atom stereocenters. The number of hydrogen-bond acceptors (Lipinski definition) is 4. The predicted octanol–water partition coefficient (Wildman–Crippen LogP) is 2.14. The van der Waals surface area contributed by atoms with E-state index in [4.69, 9.17) is 0 Å². The van der Waals surface area contributed by atoms with Gasteiger partial charge in [-0.15, -0.1) is 0 Å². The first-order valence-corrected chi connectivity index (χ1v) is 7.31. The van der Waals surface area contributed by atoms with Gasteiger partial charge in [0, 0.05) is 37.2 Å². The third-order valence-corrected chi connectivity index (χ3v) is 3.37. The molecule has 0 aliphatic rings. The molecule has 0 aliphatic heterocycles. The normalized spacial score (nSPS) is 11.1. The summed E-state index contributed by atoms with van der Waals surface area (Å²) < 4.78 is 3.66. The highest BCUT2D eigenvalue weighted by atomic mass is 16.1. The van der Waals surface area contributed by atoms with Crippen LogP contribution in [0, 0.1) is 13.8 Å². The van der Waals surface area contributed by atoms with Gasteiger partial charge in [0.2, 0.25) is 0 Å². The number of aryl methyl sites for hydroxylation is 3. The Morgan fingerprint density at radius 2 is 2.10 bits per heavy atom. The van der Waals surface area contributed by atoms with Crippen LogP contribution in [-0.4, -0.2) is 25.9 Å². The number of nitrogens with zero attached hydrogens (tertiary/aromatic N) is 4. The van der Waals surface area contributed by atoms with Gasteiger partial charge in [-0.05, 0) is 40.2 Å². The molecule has 6 heteroatoms. The Morgan fingerprint density at radius 1 is 1.33 bits per heavy atom. The first-order valence-electron chi connectivity index (χ1n) is 7.31. The molecule has 0 radical (unpaired) electrons. The highest BCUT2D eigenvalue weighted by molar-refractivity contribution is 5.30. The van der Waals surface area contributed by atoms with E-state index in [1.54, 1.807) is 17.0 Å². The summed E-state index contributed by atoms with van der Waals surface area (Å²) in [5, 5.41) is 7.54. The van der Waals surface area contributed by atoms with Gasteiger partial charge in [-0.25, -0.2) is 4.98 Å². The number of rotatable bonds is 6.